The third-order valence-electron chi connectivity index (χ3n) is 1.80. The Balaban J connectivity index is 2.79. The summed E-state index contributed by atoms with van der Waals surface area (Å²) in [6.07, 6.45) is 1.62. The molecule has 0 unspecified atom stereocenters. The molecule has 0 bridgehead atoms. The molecule has 0 aliphatic rings. The van der Waals surface area contributed by atoms with Gasteiger partial charge in [-0.1, -0.05) is 0 Å². The first-order valence-corrected chi connectivity index (χ1v) is 4.66. The van der Waals surface area contributed by atoms with Gasteiger partial charge in [-0.2, -0.15) is 4.39 Å². The van der Waals surface area contributed by atoms with E-state index >= 15 is 0 Å². The van der Waals surface area contributed by atoms with Gasteiger partial charge in [-0.15, -0.1) is 0 Å². The van der Waals surface area contributed by atoms with E-state index in [1.807, 2.05) is 0 Å². The van der Waals surface area contributed by atoms with E-state index in [-0.39, 0.29) is 5.75 Å². The Kier molecular flexibility index (Phi) is 2.33. The maximum absolute atomic E-state index is 13.2. The van der Waals surface area contributed by atoms with Crippen LogP contribution in [-0.4, -0.2) is 17.1 Å². The van der Waals surface area contributed by atoms with Crippen molar-refractivity contribution in [3.8, 4) is 5.75 Å². The van der Waals surface area contributed by atoms with Crippen LogP contribution in [0.3, 0.4) is 0 Å². The molecule has 2 aromatic rings. The molecule has 72 valence electrons. The van der Waals surface area contributed by atoms with Gasteiger partial charge in [0.05, 0.1) is 12.6 Å². The highest BCUT2D eigenvalue weighted by molar-refractivity contribution is 9.10. The number of rotatable bonds is 1. The monoisotopic (exact) mass is 256 g/mol. The van der Waals surface area contributed by atoms with Crippen molar-refractivity contribution in [3.05, 3.63) is 28.7 Å². The van der Waals surface area contributed by atoms with Gasteiger partial charge in [0.2, 0.25) is 0 Å². The molecule has 0 atom stereocenters. The first kappa shape index (κ1) is 9.33. The largest absolute Gasteiger partial charge is 0.492 e. The summed E-state index contributed by atoms with van der Waals surface area (Å²) < 4.78 is 18.7. The van der Waals surface area contributed by atoms with Gasteiger partial charge in [-0.3, -0.25) is 4.98 Å². The molecule has 3 nitrogen and oxygen atoms in total. The van der Waals surface area contributed by atoms with E-state index < -0.39 is 5.95 Å². The minimum absolute atomic E-state index is 0.100. The number of hydrogen-bond donors (Lipinski definition) is 0. The first-order valence-electron chi connectivity index (χ1n) is 3.87. The van der Waals surface area contributed by atoms with Crippen LogP contribution < -0.4 is 4.74 Å². The second kappa shape index (κ2) is 3.49. The summed E-state index contributed by atoms with van der Waals surface area (Å²) in [6, 6.07) is 3.23. The highest BCUT2D eigenvalue weighted by Gasteiger charge is 2.08. The lowest BCUT2D eigenvalue weighted by molar-refractivity contribution is 0.379. The van der Waals surface area contributed by atoms with Crippen molar-refractivity contribution in [3.63, 3.8) is 0 Å². The van der Waals surface area contributed by atoms with Gasteiger partial charge in [0.15, 0.2) is 5.75 Å². The van der Waals surface area contributed by atoms with Crippen LogP contribution in [0, 0.1) is 5.95 Å². The Hall–Kier alpha value is -1.23. The highest BCUT2D eigenvalue weighted by atomic mass is 79.9. The van der Waals surface area contributed by atoms with E-state index in [2.05, 4.69) is 25.9 Å². The van der Waals surface area contributed by atoms with E-state index in [1.54, 1.807) is 12.3 Å². The number of methoxy groups -OCH3 is 1. The molecule has 0 N–H and O–H groups in total. The van der Waals surface area contributed by atoms with Gasteiger partial charge >= 0.3 is 0 Å². The number of fused-ring (bicyclic) bond motifs is 1. The second-order valence-corrected chi connectivity index (χ2v) is 3.50. The number of aromatic nitrogens is 2. The van der Waals surface area contributed by atoms with E-state index in [4.69, 9.17) is 4.74 Å². The van der Waals surface area contributed by atoms with Gasteiger partial charge in [-0.25, -0.2) is 4.98 Å². The zero-order chi connectivity index (χ0) is 10.1. The Morgan fingerprint density at radius 1 is 1.50 bits per heavy atom. The SMILES string of the molecule is COc1cc2nccc(Br)c2nc1F. The molecule has 0 saturated carbocycles. The first-order chi connectivity index (χ1) is 6.72. The summed E-state index contributed by atoms with van der Waals surface area (Å²) >= 11 is 3.27. The quantitative estimate of drug-likeness (QED) is 0.736. The smallest absolute Gasteiger partial charge is 0.255 e. The summed E-state index contributed by atoms with van der Waals surface area (Å²) in [5.74, 6) is -0.531. The molecule has 2 rings (SSSR count). The number of pyridine rings is 2. The molecule has 2 aromatic heterocycles. The molecule has 14 heavy (non-hydrogen) atoms. The number of nitrogens with zero attached hydrogens (tertiary/aromatic N) is 2. The van der Waals surface area contributed by atoms with Crippen LogP contribution >= 0.6 is 15.9 Å². The van der Waals surface area contributed by atoms with E-state index in [9.17, 15) is 4.39 Å². The molecule has 2 heterocycles. The van der Waals surface area contributed by atoms with E-state index in [0.29, 0.717) is 15.5 Å². The lowest BCUT2D eigenvalue weighted by Gasteiger charge is -2.03. The predicted molar refractivity (Wildman–Crippen MR) is 53.7 cm³/mol. The van der Waals surface area contributed by atoms with Crippen LogP contribution in [-0.2, 0) is 0 Å². The minimum atomic E-state index is -0.631. The molecule has 0 aromatic carbocycles. The van der Waals surface area contributed by atoms with Crippen LogP contribution in [0.2, 0.25) is 0 Å². The molecule has 0 fully saturated rings. The fraction of sp³-hybridized carbons (Fsp3) is 0.111. The summed E-state index contributed by atoms with van der Waals surface area (Å²) in [7, 11) is 1.39. The Morgan fingerprint density at radius 2 is 2.29 bits per heavy atom. The van der Waals surface area contributed by atoms with Crippen LogP contribution in [0.15, 0.2) is 22.8 Å². The molecule has 0 aliphatic carbocycles. The lowest BCUT2D eigenvalue weighted by atomic mass is 10.3. The summed E-state index contributed by atoms with van der Waals surface area (Å²) in [4.78, 5) is 7.80. The highest BCUT2D eigenvalue weighted by Crippen LogP contribution is 2.24. The van der Waals surface area contributed by atoms with Crippen molar-refractivity contribution in [2.24, 2.45) is 0 Å². The number of halogens is 2. The Bertz CT molecular complexity index is 489. The fourth-order valence-electron chi connectivity index (χ4n) is 1.14. The zero-order valence-electron chi connectivity index (χ0n) is 7.29. The van der Waals surface area contributed by atoms with Crippen molar-refractivity contribution >= 4 is 27.0 Å². The molecule has 5 heteroatoms. The molecular formula is C9H6BrFN2O. The topological polar surface area (TPSA) is 35.0 Å². The summed E-state index contributed by atoms with van der Waals surface area (Å²) in [5.41, 5.74) is 1.09. The van der Waals surface area contributed by atoms with Crippen LogP contribution in [0.1, 0.15) is 0 Å². The molecule has 0 saturated heterocycles. The van der Waals surface area contributed by atoms with Crippen LogP contribution in [0.25, 0.3) is 11.0 Å². The van der Waals surface area contributed by atoms with Gasteiger partial charge < -0.3 is 4.74 Å². The molecule has 0 aliphatic heterocycles. The number of ether oxygens (including phenoxy) is 1. The van der Waals surface area contributed by atoms with Gasteiger partial charge in [0.1, 0.15) is 5.52 Å². The van der Waals surface area contributed by atoms with Crippen molar-refractivity contribution in [2.75, 3.05) is 7.11 Å². The molecular weight excluding hydrogens is 251 g/mol. The molecule has 0 radical (unpaired) electrons. The maximum atomic E-state index is 13.2. The van der Waals surface area contributed by atoms with Gasteiger partial charge in [0, 0.05) is 16.7 Å². The lowest BCUT2D eigenvalue weighted by Crippen LogP contribution is -1.94. The standard InChI is InChI=1S/C9H6BrFN2O/c1-14-7-4-6-8(13-9(7)11)5(10)2-3-12-6/h2-4H,1H3. The second-order valence-electron chi connectivity index (χ2n) is 2.64. The molecule has 0 spiro atoms. The average molecular weight is 257 g/mol. The van der Waals surface area contributed by atoms with E-state index in [1.165, 1.54) is 13.2 Å². The minimum Gasteiger partial charge on any atom is -0.492 e. The van der Waals surface area contributed by atoms with Crippen molar-refractivity contribution < 1.29 is 9.13 Å². The van der Waals surface area contributed by atoms with Gasteiger partial charge in [0.25, 0.3) is 5.95 Å². The Morgan fingerprint density at radius 3 is 3.00 bits per heavy atom. The van der Waals surface area contributed by atoms with Crippen LogP contribution in [0.5, 0.6) is 5.75 Å². The van der Waals surface area contributed by atoms with Crippen molar-refractivity contribution in [1.29, 1.82) is 0 Å². The summed E-state index contributed by atoms with van der Waals surface area (Å²) in [5, 5.41) is 0. The summed E-state index contributed by atoms with van der Waals surface area (Å²) in [6.45, 7) is 0. The van der Waals surface area contributed by atoms with E-state index in [0.717, 1.165) is 0 Å². The Labute approximate surface area is 88.1 Å². The maximum Gasteiger partial charge on any atom is 0.255 e. The normalized spacial score (nSPS) is 10.5. The van der Waals surface area contributed by atoms with Crippen LogP contribution in [0.4, 0.5) is 4.39 Å². The molecule has 0 amide bonds. The van der Waals surface area contributed by atoms with Crippen molar-refractivity contribution in [2.45, 2.75) is 0 Å². The zero-order valence-corrected chi connectivity index (χ0v) is 8.88. The third kappa shape index (κ3) is 1.43. The van der Waals surface area contributed by atoms with Gasteiger partial charge in [-0.05, 0) is 22.0 Å². The third-order valence-corrected chi connectivity index (χ3v) is 2.44. The fourth-order valence-corrected chi connectivity index (χ4v) is 1.55. The average Bonchev–Trinajstić information content (AvgIpc) is 2.19. The number of hydrogen-bond acceptors (Lipinski definition) is 3. The van der Waals surface area contributed by atoms with Crippen molar-refractivity contribution in [1.82, 2.24) is 9.97 Å². The predicted octanol–water partition coefficient (Wildman–Crippen LogP) is 2.54.